The Kier molecular flexibility index (Phi) is 3.77. The number of benzene rings is 1. The van der Waals surface area contributed by atoms with E-state index < -0.39 is 4.92 Å². The van der Waals surface area contributed by atoms with E-state index in [2.05, 4.69) is 15.5 Å². The van der Waals surface area contributed by atoms with Crippen molar-refractivity contribution < 1.29 is 9.31 Å². The fourth-order valence-corrected chi connectivity index (χ4v) is 1.28. The smallest absolute Gasteiger partial charge is 0.261 e. The van der Waals surface area contributed by atoms with Gasteiger partial charge in [-0.15, -0.1) is 0 Å². The van der Waals surface area contributed by atoms with E-state index in [0.717, 1.165) is 11.8 Å². The molecule has 0 radical (unpaired) electrons. The van der Waals surface area contributed by atoms with Gasteiger partial charge in [0.25, 0.3) is 5.69 Å². The molecule has 0 saturated carbocycles. The second-order valence-electron chi connectivity index (χ2n) is 3.58. The molecule has 0 aliphatic heterocycles. The molecule has 7 heteroatoms. The first kappa shape index (κ1) is 12.6. The molecule has 0 spiro atoms. The molecule has 0 atom stereocenters. The molecule has 1 heterocycles. The van der Waals surface area contributed by atoms with Gasteiger partial charge < -0.3 is 0 Å². The Morgan fingerprint density at radius 2 is 2.00 bits per heavy atom. The number of hydrazone groups is 1. The highest BCUT2D eigenvalue weighted by atomic mass is 19.1. The Labute approximate surface area is 107 Å². The maximum atomic E-state index is 12.7. The lowest BCUT2D eigenvalue weighted by Gasteiger charge is -1.98. The zero-order valence-corrected chi connectivity index (χ0v) is 9.65. The number of hydrogen-bond donors (Lipinski definition) is 1. The minimum atomic E-state index is -0.529. The third-order valence-corrected chi connectivity index (χ3v) is 2.22. The predicted molar refractivity (Wildman–Crippen MR) is 68.5 cm³/mol. The van der Waals surface area contributed by atoms with E-state index in [1.54, 1.807) is 12.1 Å². The summed E-state index contributed by atoms with van der Waals surface area (Å²) in [7, 11) is 0. The van der Waals surface area contributed by atoms with E-state index in [0.29, 0.717) is 5.82 Å². The van der Waals surface area contributed by atoms with Crippen molar-refractivity contribution in [3.8, 4) is 0 Å². The van der Waals surface area contributed by atoms with Crippen LogP contribution in [0, 0.1) is 15.9 Å². The molecule has 0 aliphatic rings. The van der Waals surface area contributed by atoms with Crippen LogP contribution in [0.1, 0.15) is 5.56 Å². The highest BCUT2D eigenvalue weighted by Crippen LogP contribution is 2.11. The van der Waals surface area contributed by atoms with Gasteiger partial charge in [-0.3, -0.25) is 15.5 Å². The molecular weight excluding hydrogens is 251 g/mol. The van der Waals surface area contributed by atoms with Crippen molar-refractivity contribution in [1.29, 1.82) is 0 Å². The number of nitrogens with one attached hydrogen (secondary N) is 1. The van der Waals surface area contributed by atoms with Crippen molar-refractivity contribution in [2.45, 2.75) is 0 Å². The Balaban J connectivity index is 1.98. The third kappa shape index (κ3) is 3.56. The molecule has 6 nitrogen and oxygen atoms in total. The molecule has 96 valence electrons. The van der Waals surface area contributed by atoms with Crippen molar-refractivity contribution in [1.82, 2.24) is 4.98 Å². The van der Waals surface area contributed by atoms with E-state index in [1.165, 1.54) is 30.5 Å². The summed E-state index contributed by atoms with van der Waals surface area (Å²) in [4.78, 5) is 13.7. The van der Waals surface area contributed by atoms with Gasteiger partial charge in [0.2, 0.25) is 0 Å². The van der Waals surface area contributed by atoms with Gasteiger partial charge in [-0.05, 0) is 23.8 Å². The van der Waals surface area contributed by atoms with Gasteiger partial charge in [0.15, 0.2) is 0 Å². The van der Waals surface area contributed by atoms with Crippen molar-refractivity contribution in [2.75, 3.05) is 5.43 Å². The molecule has 0 unspecified atom stereocenters. The molecule has 0 aliphatic carbocycles. The van der Waals surface area contributed by atoms with Gasteiger partial charge >= 0.3 is 0 Å². The summed E-state index contributed by atoms with van der Waals surface area (Å²) in [5.74, 6) is 0.0612. The number of pyridine rings is 1. The van der Waals surface area contributed by atoms with Gasteiger partial charge in [-0.2, -0.15) is 5.10 Å². The third-order valence-electron chi connectivity index (χ3n) is 2.22. The largest absolute Gasteiger partial charge is 0.287 e. The molecule has 0 bridgehead atoms. The summed E-state index contributed by atoms with van der Waals surface area (Å²) in [5, 5.41) is 14.3. The summed E-state index contributed by atoms with van der Waals surface area (Å²) in [6.45, 7) is 0. The average Bonchev–Trinajstić information content (AvgIpc) is 2.41. The molecule has 0 amide bonds. The van der Waals surface area contributed by atoms with Crippen LogP contribution < -0.4 is 5.43 Å². The van der Waals surface area contributed by atoms with E-state index in [4.69, 9.17) is 0 Å². The van der Waals surface area contributed by atoms with Gasteiger partial charge in [-0.1, -0.05) is 12.1 Å². The Bertz CT molecular complexity index is 596. The number of aromatic nitrogens is 1. The number of anilines is 1. The zero-order valence-electron chi connectivity index (χ0n) is 9.65. The molecule has 0 saturated heterocycles. The summed E-state index contributed by atoms with van der Waals surface area (Å²) < 4.78 is 12.7. The second-order valence-corrected chi connectivity index (χ2v) is 3.58. The average molecular weight is 260 g/mol. The van der Waals surface area contributed by atoms with Crippen molar-refractivity contribution in [3.63, 3.8) is 0 Å². The summed E-state index contributed by atoms with van der Waals surface area (Å²) in [6.07, 6.45) is 2.62. The summed E-state index contributed by atoms with van der Waals surface area (Å²) in [5.41, 5.74) is 3.24. The Hall–Kier alpha value is -2.83. The van der Waals surface area contributed by atoms with Crippen LogP contribution in [-0.2, 0) is 0 Å². The fraction of sp³-hybridized carbons (Fsp3) is 0. The van der Waals surface area contributed by atoms with Crippen LogP contribution in [0.4, 0.5) is 15.9 Å². The molecule has 1 aromatic carbocycles. The quantitative estimate of drug-likeness (QED) is 0.520. The second kappa shape index (κ2) is 5.67. The SMILES string of the molecule is O=[N+]([O-])c1ccc(N/N=C/c2ccc(F)cc2)nc1. The number of nitro groups is 1. The van der Waals surface area contributed by atoms with Crippen LogP contribution in [0.2, 0.25) is 0 Å². The lowest BCUT2D eigenvalue weighted by atomic mass is 10.2. The van der Waals surface area contributed by atoms with Crippen LogP contribution >= 0.6 is 0 Å². The molecule has 2 aromatic rings. The van der Waals surface area contributed by atoms with E-state index in [9.17, 15) is 14.5 Å². The first-order valence-corrected chi connectivity index (χ1v) is 5.30. The summed E-state index contributed by atoms with van der Waals surface area (Å²) in [6, 6.07) is 8.56. The highest BCUT2D eigenvalue weighted by molar-refractivity contribution is 5.79. The maximum Gasteiger partial charge on any atom is 0.287 e. The van der Waals surface area contributed by atoms with Crippen molar-refractivity contribution in [2.24, 2.45) is 5.10 Å². The topological polar surface area (TPSA) is 80.4 Å². The van der Waals surface area contributed by atoms with Crippen molar-refractivity contribution >= 4 is 17.7 Å². The normalized spacial score (nSPS) is 10.6. The minimum Gasteiger partial charge on any atom is -0.261 e. The predicted octanol–water partition coefficient (Wildman–Crippen LogP) is 2.57. The van der Waals surface area contributed by atoms with Gasteiger partial charge in [-0.25, -0.2) is 9.37 Å². The van der Waals surface area contributed by atoms with Crippen LogP contribution in [0.25, 0.3) is 0 Å². The van der Waals surface area contributed by atoms with Crippen LogP contribution in [0.15, 0.2) is 47.7 Å². The van der Waals surface area contributed by atoms with Gasteiger partial charge in [0.1, 0.15) is 17.8 Å². The molecule has 2 rings (SSSR count). The lowest BCUT2D eigenvalue weighted by molar-refractivity contribution is -0.385. The first-order valence-electron chi connectivity index (χ1n) is 5.30. The maximum absolute atomic E-state index is 12.7. The lowest BCUT2D eigenvalue weighted by Crippen LogP contribution is -1.95. The molecule has 1 N–H and O–H groups in total. The first-order chi connectivity index (χ1) is 9.15. The molecular formula is C12H9FN4O2. The minimum absolute atomic E-state index is 0.0898. The Morgan fingerprint density at radius 3 is 2.58 bits per heavy atom. The fourth-order valence-electron chi connectivity index (χ4n) is 1.28. The molecule has 0 fully saturated rings. The Morgan fingerprint density at radius 1 is 1.26 bits per heavy atom. The van der Waals surface area contributed by atoms with E-state index in [-0.39, 0.29) is 11.5 Å². The zero-order chi connectivity index (χ0) is 13.7. The number of rotatable bonds is 4. The van der Waals surface area contributed by atoms with E-state index in [1.807, 2.05) is 0 Å². The summed E-state index contributed by atoms with van der Waals surface area (Å²) >= 11 is 0. The number of halogens is 1. The van der Waals surface area contributed by atoms with Crippen LogP contribution in [0.3, 0.4) is 0 Å². The van der Waals surface area contributed by atoms with Crippen LogP contribution in [0.5, 0.6) is 0 Å². The van der Waals surface area contributed by atoms with Crippen molar-refractivity contribution in [3.05, 3.63) is 64.1 Å². The monoisotopic (exact) mass is 260 g/mol. The molecule has 19 heavy (non-hydrogen) atoms. The van der Waals surface area contributed by atoms with Gasteiger partial charge in [0.05, 0.1) is 11.1 Å². The number of hydrogen-bond acceptors (Lipinski definition) is 5. The van der Waals surface area contributed by atoms with Gasteiger partial charge in [0, 0.05) is 6.07 Å². The highest BCUT2D eigenvalue weighted by Gasteiger charge is 2.04. The number of nitrogens with zero attached hydrogens (tertiary/aromatic N) is 3. The van der Waals surface area contributed by atoms with E-state index >= 15 is 0 Å². The van der Waals surface area contributed by atoms with Crippen LogP contribution in [-0.4, -0.2) is 16.1 Å². The standard InChI is InChI=1S/C12H9FN4O2/c13-10-3-1-9(2-4-10)7-15-16-12-6-5-11(8-14-12)17(18)19/h1-8H,(H,14,16)/b15-7+. The molecule has 1 aromatic heterocycles.